The van der Waals surface area contributed by atoms with Crippen LogP contribution in [0.3, 0.4) is 0 Å². The van der Waals surface area contributed by atoms with Crippen molar-refractivity contribution >= 4 is 15.9 Å². The van der Waals surface area contributed by atoms with Crippen LogP contribution < -0.4 is 10.5 Å². The summed E-state index contributed by atoms with van der Waals surface area (Å²) in [6, 6.07) is 4.17. The molecule has 2 atom stereocenters. The molecule has 2 unspecified atom stereocenters. The lowest BCUT2D eigenvalue weighted by Gasteiger charge is -2.32. The van der Waals surface area contributed by atoms with Gasteiger partial charge in [0, 0.05) is 16.6 Å². The molecule has 0 aromatic heterocycles. The number of rotatable bonds is 3. The second-order valence-corrected chi connectivity index (χ2v) is 6.99. The van der Waals surface area contributed by atoms with Crippen LogP contribution in [0.25, 0.3) is 0 Å². The van der Waals surface area contributed by atoms with Gasteiger partial charge in [-0.25, -0.2) is 0 Å². The van der Waals surface area contributed by atoms with Crippen molar-refractivity contribution in [1.29, 1.82) is 0 Å². The Morgan fingerprint density at radius 3 is 2.42 bits per heavy atom. The van der Waals surface area contributed by atoms with Gasteiger partial charge in [-0.2, -0.15) is 0 Å². The molecule has 1 saturated carbocycles. The SMILES string of the molecule is Cc1cc(Br)cc(CN)c1OC1CC(C)CC(C)C1. The summed E-state index contributed by atoms with van der Waals surface area (Å²) in [5.74, 6) is 2.51. The number of ether oxygens (including phenoxy) is 1. The van der Waals surface area contributed by atoms with E-state index in [-0.39, 0.29) is 0 Å². The zero-order valence-corrected chi connectivity index (χ0v) is 13.7. The zero-order valence-electron chi connectivity index (χ0n) is 12.1. The molecule has 1 aliphatic carbocycles. The maximum absolute atomic E-state index is 6.30. The van der Waals surface area contributed by atoms with Crippen molar-refractivity contribution in [2.24, 2.45) is 17.6 Å². The van der Waals surface area contributed by atoms with Gasteiger partial charge in [0.2, 0.25) is 0 Å². The molecule has 0 bridgehead atoms. The molecular formula is C16H24BrNO. The van der Waals surface area contributed by atoms with Crippen LogP contribution in [0.4, 0.5) is 0 Å². The normalized spacial score (nSPS) is 27.3. The predicted molar refractivity (Wildman–Crippen MR) is 83.4 cm³/mol. The number of aryl methyl sites for hydroxylation is 1. The highest BCUT2D eigenvalue weighted by atomic mass is 79.9. The zero-order chi connectivity index (χ0) is 14.0. The number of hydrogen-bond acceptors (Lipinski definition) is 2. The van der Waals surface area contributed by atoms with Gasteiger partial charge in [0.25, 0.3) is 0 Å². The standard InChI is InChI=1S/C16H24BrNO/c1-10-4-11(2)6-15(5-10)19-16-12(3)7-14(17)8-13(16)9-18/h7-8,10-11,15H,4-6,9,18H2,1-3H3. The summed E-state index contributed by atoms with van der Waals surface area (Å²) in [5.41, 5.74) is 8.11. The summed E-state index contributed by atoms with van der Waals surface area (Å²) in [5, 5.41) is 0. The summed E-state index contributed by atoms with van der Waals surface area (Å²) in [6.45, 7) is 7.26. The molecule has 1 aromatic rings. The minimum atomic E-state index is 0.337. The minimum Gasteiger partial charge on any atom is -0.490 e. The van der Waals surface area contributed by atoms with Crippen molar-refractivity contribution in [2.45, 2.75) is 52.7 Å². The van der Waals surface area contributed by atoms with E-state index >= 15 is 0 Å². The lowest BCUT2D eigenvalue weighted by Crippen LogP contribution is -2.29. The third-order valence-electron chi connectivity index (χ3n) is 3.96. The van der Waals surface area contributed by atoms with Crippen molar-refractivity contribution in [3.8, 4) is 5.75 Å². The lowest BCUT2D eigenvalue weighted by atomic mass is 9.82. The second kappa shape index (κ2) is 6.27. The number of nitrogens with two attached hydrogens (primary N) is 1. The molecule has 0 saturated heterocycles. The van der Waals surface area contributed by atoms with E-state index in [0.29, 0.717) is 12.6 Å². The van der Waals surface area contributed by atoms with Crippen molar-refractivity contribution in [3.05, 3.63) is 27.7 Å². The molecule has 2 nitrogen and oxygen atoms in total. The first kappa shape index (κ1) is 14.9. The Kier molecular flexibility index (Phi) is 4.91. The van der Waals surface area contributed by atoms with Crippen LogP contribution in [0, 0.1) is 18.8 Å². The van der Waals surface area contributed by atoms with Gasteiger partial charge in [-0.15, -0.1) is 0 Å². The third kappa shape index (κ3) is 3.73. The van der Waals surface area contributed by atoms with Crippen LogP contribution in [0.1, 0.15) is 44.2 Å². The highest BCUT2D eigenvalue weighted by Gasteiger charge is 2.26. The molecule has 0 aliphatic heterocycles. The molecule has 2 rings (SSSR count). The average Bonchev–Trinajstić information content (AvgIpc) is 2.31. The molecule has 0 spiro atoms. The van der Waals surface area contributed by atoms with Gasteiger partial charge in [-0.1, -0.05) is 29.8 Å². The maximum Gasteiger partial charge on any atom is 0.127 e. The summed E-state index contributed by atoms with van der Waals surface area (Å²) >= 11 is 3.52. The highest BCUT2D eigenvalue weighted by molar-refractivity contribution is 9.10. The van der Waals surface area contributed by atoms with E-state index in [4.69, 9.17) is 10.5 Å². The minimum absolute atomic E-state index is 0.337. The Morgan fingerprint density at radius 1 is 1.21 bits per heavy atom. The van der Waals surface area contributed by atoms with Gasteiger partial charge in [0.1, 0.15) is 5.75 Å². The molecule has 2 N–H and O–H groups in total. The number of benzene rings is 1. The Labute approximate surface area is 124 Å². The van der Waals surface area contributed by atoms with E-state index in [1.54, 1.807) is 0 Å². The Hall–Kier alpha value is -0.540. The van der Waals surface area contributed by atoms with Crippen LogP contribution in [-0.4, -0.2) is 6.10 Å². The van der Waals surface area contributed by atoms with Gasteiger partial charge in [0.05, 0.1) is 6.10 Å². The number of hydrogen-bond donors (Lipinski definition) is 1. The fraction of sp³-hybridized carbons (Fsp3) is 0.625. The molecule has 0 heterocycles. The first-order valence-electron chi connectivity index (χ1n) is 7.15. The Balaban J connectivity index is 2.18. The van der Waals surface area contributed by atoms with E-state index < -0.39 is 0 Å². The Bertz CT molecular complexity index is 437. The van der Waals surface area contributed by atoms with Crippen molar-refractivity contribution < 1.29 is 4.74 Å². The van der Waals surface area contributed by atoms with Gasteiger partial charge in [-0.3, -0.25) is 0 Å². The first-order valence-corrected chi connectivity index (χ1v) is 7.94. The van der Waals surface area contributed by atoms with Gasteiger partial charge >= 0.3 is 0 Å². The quantitative estimate of drug-likeness (QED) is 0.892. The smallest absolute Gasteiger partial charge is 0.127 e. The predicted octanol–water partition coefficient (Wildman–Crippen LogP) is 4.42. The van der Waals surface area contributed by atoms with Crippen LogP contribution in [0.15, 0.2) is 16.6 Å². The van der Waals surface area contributed by atoms with E-state index in [2.05, 4.69) is 48.8 Å². The van der Waals surface area contributed by atoms with E-state index in [9.17, 15) is 0 Å². The molecule has 3 heteroatoms. The van der Waals surface area contributed by atoms with Crippen molar-refractivity contribution in [1.82, 2.24) is 0 Å². The lowest BCUT2D eigenvalue weighted by molar-refractivity contribution is 0.0994. The number of halogens is 1. The van der Waals surface area contributed by atoms with Gasteiger partial charge in [0.15, 0.2) is 0 Å². The molecule has 0 amide bonds. The van der Waals surface area contributed by atoms with Gasteiger partial charge < -0.3 is 10.5 Å². The molecule has 0 radical (unpaired) electrons. The summed E-state index contributed by atoms with van der Waals surface area (Å²) in [7, 11) is 0. The second-order valence-electron chi connectivity index (χ2n) is 6.07. The molecule has 106 valence electrons. The molecule has 1 aromatic carbocycles. The third-order valence-corrected chi connectivity index (χ3v) is 4.41. The maximum atomic E-state index is 6.30. The van der Waals surface area contributed by atoms with Crippen LogP contribution in [0.2, 0.25) is 0 Å². The Morgan fingerprint density at radius 2 is 1.84 bits per heavy atom. The molecule has 1 fully saturated rings. The van der Waals surface area contributed by atoms with E-state index in [0.717, 1.165) is 40.5 Å². The summed E-state index contributed by atoms with van der Waals surface area (Å²) in [6.07, 6.45) is 3.97. The summed E-state index contributed by atoms with van der Waals surface area (Å²) in [4.78, 5) is 0. The van der Waals surface area contributed by atoms with Crippen molar-refractivity contribution in [2.75, 3.05) is 0 Å². The fourth-order valence-electron chi connectivity index (χ4n) is 3.26. The molecular weight excluding hydrogens is 302 g/mol. The van der Waals surface area contributed by atoms with E-state index in [1.165, 1.54) is 12.0 Å². The van der Waals surface area contributed by atoms with Gasteiger partial charge in [-0.05, 0) is 55.7 Å². The van der Waals surface area contributed by atoms with Crippen LogP contribution in [-0.2, 0) is 6.54 Å². The molecule has 19 heavy (non-hydrogen) atoms. The van der Waals surface area contributed by atoms with E-state index in [1.807, 2.05) is 0 Å². The largest absolute Gasteiger partial charge is 0.490 e. The van der Waals surface area contributed by atoms with Crippen molar-refractivity contribution in [3.63, 3.8) is 0 Å². The van der Waals surface area contributed by atoms with Crippen LogP contribution in [0.5, 0.6) is 5.75 Å². The summed E-state index contributed by atoms with van der Waals surface area (Å²) < 4.78 is 7.38. The first-order chi connectivity index (χ1) is 8.99. The molecule has 1 aliphatic rings. The fourth-order valence-corrected chi connectivity index (χ4v) is 3.88. The monoisotopic (exact) mass is 325 g/mol. The topological polar surface area (TPSA) is 35.2 Å². The highest BCUT2D eigenvalue weighted by Crippen LogP contribution is 2.34. The average molecular weight is 326 g/mol. The van der Waals surface area contributed by atoms with Crippen LogP contribution >= 0.6 is 15.9 Å².